The van der Waals surface area contributed by atoms with E-state index in [1.807, 2.05) is 0 Å². The highest BCUT2D eigenvalue weighted by atomic mass is 19.2. The molecule has 2 unspecified atom stereocenters. The third kappa shape index (κ3) is 7.85. The topological polar surface area (TPSA) is 223 Å². The smallest absolute Gasteiger partial charge is 0.170 e. The van der Waals surface area contributed by atoms with Crippen molar-refractivity contribution in [3.8, 4) is 11.5 Å². The zero-order valence-corrected chi connectivity index (χ0v) is 35.6. The molecule has 0 spiro atoms. The van der Waals surface area contributed by atoms with Crippen molar-refractivity contribution in [2.75, 3.05) is 13.1 Å². The van der Waals surface area contributed by atoms with E-state index < -0.39 is 117 Å². The van der Waals surface area contributed by atoms with Gasteiger partial charge in [0.05, 0.1) is 80.1 Å². The summed E-state index contributed by atoms with van der Waals surface area (Å²) < 4.78 is 131. The second-order valence-electron chi connectivity index (χ2n) is 16.0. The van der Waals surface area contributed by atoms with Crippen LogP contribution in [0.25, 0.3) is 22.3 Å². The van der Waals surface area contributed by atoms with Gasteiger partial charge in [0.25, 0.3) is 0 Å². The molecule has 0 aliphatic carbocycles. The first-order valence-corrected chi connectivity index (χ1v) is 20.9. The molecule has 0 fully saturated rings. The maximum atomic E-state index is 16.6. The van der Waals surface area contributed by atoms with E-state index in [2.05, 4.69) is 20.0 Å². The molecule has 9 rings (SSSR count). The van der Waals surface area contributed by atoms with Crippen LogP contribution in [0.3, 0.4) is 0 Å². The van der Waals surface area contributed by atoms with Crippen LogP contribution in [0.2, 0.25) is 0 Å². The molecule has 5 aliphatic heterocycles. The zero-order chi connectivity index (χ0) is 50.0. The molecule has 20 heteroatoms. The lowest BCUT2D eigenvalue weighted by Crippen LogP contribution is -2.29. The van der Waals surface area contributed by atoms with Gasteiger partial charge in [0.15, 0.2) is 46.5 Å². The molecule has 0 radical (unpaired) electrons. The van der Waals surface area contributed by atoms with E-state index in [0.717, 1.165) is 0 Å². The van der Waals surface area contributed by atoms with Crippen LogP contribution < -0.4 is 11.5 Å². The summed E-state index contributed by atoms with van der Waals surface area (Å²) in [6, 6.07) is 10.9. The van der Waals surface area contributed by atoms with E-state index in [1.165, 1.54) is 97.1 Å². The number of rotatable bonds is 10. The quantitative estimate of drug-likeness (QED) is 0.0614. The molecule has 12 nitrogen and oxygen atoms in total. The number of phenolic OH excluding ortho intramolecular Hbond substituents is 2. The summed E-state index contributed by atoms with van der Waals surface area (Å²) >= 11 is 0. The van der Waals surface area contributed by atoms with Crippen LogP contribution in [0.4, 0.5) is 35.1 Å². The van der Waals surface area contributed by atoms with Gasteiger partial charge >= 0.3 is 0 Å². The Labute approximate surface area is 390 Å². The van der Waals surface area contributed by atoms with Gasteiger partial charge in [0, 0.05) is 35.4 Å². The summed E-state index contributed by atoms with van der Waals surface area (Å²) in [6.07, 6.45) is 0.911. The fraction of sp³-hybridized carbons (Fsp3) is 0.120. The molecule has 0 saturated heterocycles. The Kier molecular flexibility index (Phi) is 12.4. The standard InChI is InChI=1S/C50H34F8N6O6/c51-41-37(42(52)46(56)39(45(41)55)49(69)31(67)17-59)35-27-11-7-23(61-27)33(19-3-1-5-21(65)15-19)24-8-12-28(62-24)36(38-43(53)47(57)40(48(58)44(38)54)50(70)32(68)18-60)30-14-10-26(64-30)34(25-9-13-29(35)63-25)20-4-2-6-22(66)16-20/h1-16,31-32,49-50,65-70H,17-18,59-60H2/t31?,32?,49-,50-/m1/s1. The van der Waals surface area contributed by atoms with Crippen LogP contribution in [0.5, 0.6) is 11.5 Å². The maximum Gasteiger partial charge on any atom is 0.170 e. The minimum Gasteiger partial charge on any atom is -0.508 e. The van der Waals surface area contributed by atoms with E-state index in [1.54, 1.807) is 0 Å². The number of fused-ring (bicyclic) bond motifs is 4. The van der Waals surface area contributed by atoms with Crippen molar-refractivity contribution in [3.05, 3.63) is 200 Å². The summed E-state index contributed by atoms with van der Waals surface area (Å²) in [5.41, 5.74) is 2.05. The Balaban J connectivity index is 1.40. The second-order valence-corrected chi connectivity index (χ2v) is 16.0. The van der Waals surface area contributed by atoms with Gasteiger partial charge in [-0.15, -0.1) is 0 Å². The highest BCUT2D eigenvalue weighted by Gasteiger charge is 2.38. The number of nitrogens with two attached hydrogens (primary N) is 2. The average Bonchev–Trinajstić information content (AvgIpc) is 4.20. The van der Waals surface area contributed by atoms with Crippen LogP contribution in [0.1, 0.15) is 45.6 Å². The summed E-state index contributed by atoms with van der Waals surface area (Å²) in [5, 5.41) is 62.5. The minimum atomic E-state index is -2.51. The number of hydrogen-bond acceptors (Lipinski definition) is 12. The molecule has 4 aromatic carbocycles. The fourth-order valence-electron chi connectivity index (χ4n) is 8.41. The number of allylic oxidation sites excluding steroid dienone is 12. The Bertz CT molecular complexity index is 3100. The van der Waals surface area contributed by atoms with Crippen molar-refractivity contribution in [1.29, 1.82) is 0 Å². The molecule has 0 aromatic heterocycles. The predicted octanol–water partition coefficient (Wildman–Crippen LogP) is 6.92. The van der Waals surface area contributed by atoms with Gasteiger partial charge in [-0.2, -0.15) is 0 Å². The normalized spacial score (nSPS) is 18.0. The second kappa shape index (κ2) is 18.3. The van der Waals surface area contributed by atoms with Crippen molar-refractivity contribution >= 4 is 45.1 Å². The zero-order valence-electron chi connectivity index (χ0n) is 35.6. The molecule has 5 heterocycles. The minimum absolute atomic E-state index is 0.00565. The Hall–Kier alpha value is -7.72. The average molecular weight is 967 g/mol. The van der Waals surface area contributed by atoms with E-state index >= 15 is 35.1 Å². The van der Waals surface area contributed by atoms with Crippen molar-refractivity contribution in [2.45, 2.75) is 24.4 Å². The molecule has 356 valence electrons. The molecule has 0 saturated carbocycles. The van der Waals surface area contributed by atoms with Gasteiger partial charge < -0.3 is 42.1 Å². The number of halogens is 8. The highest BCUT2D eigenvalue weighted by molar-refractivity contribution is 6.39. The number of hydrogen-bond donors (Lipinski definition) is 8. The number of aliphatic imine (C=N–C) groups is 4. The maximum absolute atomic E-state index is 16.6. The third-order valence-corrected chi connectivity index (χ3v) is 11.8. The first-order valence-electron chi connectivity index (χ1n) is 20.9. The molecule has 10 N–H and O–H groups in total. The van der Waals surface area contributed by atoms with Gasteiger partial charge in [-0.3, -0.25) is 0 Å². The van der Waals surface area contributed by atoms with Crippen LogP contribution >= 0.6 is 0 Å². The highest BCUT2D eigenvalue weighted by Crippen LogP contribution is 2.43. The fourth-order valence-corrected chi connectivity index (χ4v) is 8.41. The number of aromatic hydroxyl groups is 2. The molecule has 8 bridgehead atoms. The first-order chi connectivity index (χ1) is 33.4. The number of nitrogens with zero attached hydrogens (tertiary/aromatic N) is 4. The van der Waals surface area contributed by atoms with E-state index in [0.29, 0.717) is 0 Å². The number of aliphatic hydroxyl groups excluding tert-OH is 4. The first kappa shape index (κ1) is 47.4. The molecular weight excluding hydrogens is 933 g/mol. The van der Waals surface area contributed by atoms with Gasteiger partial charge in [-0.1, -0.05) is 24.3 Å². The summed E-state index contributed by atoms with van der Waals surface area (Å²) in [4.78, 5) is 18.5. The molecular formula is C50H34F8N6O6. The van der Waals surface area contributed by atoms with Gasteiger partial charge in [0.2, 0.25) is 0 Å². The summed E-state index contributed by atoms with van der Waals surface area (Å²) in [5.74, 6) is -17.0. The molecule has 0 amide bonds. The largest absolute Gasteiger partial charge is 0.508 e. The van der Waals surface area contributed by atoms with E-state index in [9.17, 15) is 30.6 Å². The summed E-state index contributed by atoms with van der Waals surface area (Å²) in [6.45, 7) is -1.50. The molecule has 5 aliphatic rings. The predicted molar refractivity (Wildman–Crippen MR) is 243 cm³/mol. The molecule has 4 aromatic rings. The molecule has 4 atom stereocenters. The van der Waals surface area contributed by atoms with Crippen molar-refractivity contribution < 1.29 is 65.8 Å². The van der Waals surface area contributed by atoms with Crippen molar-refractivity contribution in [1.82, 2.24) is 0 Å². The lowest BCUT2D eigenvalue weighted by molar-refractivity contribution is 0.0190. The van der Waals surface area contributed by atoms with Crippen molar-refractivity contribution in [2.24, 2.45) is 31.4 Å². The number of phenols is 2. The van der Waals surface area contributed by atoms with Gasteiger partial charge in [0.1, 0.15) is 23.7 Å². The lowest BCUT2D eigenvalue weighted by atomic mass is 9.93. The van der Waals surface area contributed by atoms with Crippen LogP contribution in [0, 0.1) is 46.5 Å². The Morgan fingerprint density at radius 1 is 0.400 bits per heavy atom. The van der Waals surface area contributed by atoms with Gasteiger partial charge in [-0.25, -0.2) is 55.1 Å². The SMILES string of the molecule is NCC(O)[C@@H](O)c1c(F)c(F)c(C2=C3C=CC(=N3)C(c3cccc(O)c3)=C3C=CC(=N3)C(c3c(F)c(F)c([C@H](O)C(O)CN)c(F)c3F)=C3C=CC(=N3)C(c3cccc(O)c3)=C3C=CC2=N3)c(F)c1F. The van der Waals surface area contributed by atoms with Gasteiger partial charge in [-0.05, 0) is 84.0 Å². The monoisotopic (exact) mass is 966 g/mol. The Morgan fingerprint density at radius 2 is 0.686 bits per heavy atom. The lowest BCUT2D eigenvalue weighted by Gasteiger charge is -2.21. The summed E-state index contributed by atoms with van der Waals surface area (Å²) in [7, 11) is 0. The molecule has 70 heavy (non-hydrogen) atoms. The van der Waals surface area contributed by atoms with E-state index in [-0.39, 0.29) is 79.4 Å². The van der Waals surface area contributed by atoms with Crippen LogP contribution in [0.15, 0.2) is 140 Å². The third-order valence-electron chi connectivity index (χ3n) is 11.8. The Morgan fingerprint density at radius 3 is 0.971 bits per heavy atom. The number of aliphatic hydroxyl groups is 4. The van der Waals surface area contributed by atoms with Crippen LogP contribution in [-0.2, 0) is 0 Å². The number of benzene rings is 4. The van der Waals surface area contributed by atoms with Crippen molar-refractivity contribution in [3.63, 3.8) is 0 Å². The van der Waals surface area contributed by atoms with E-state index in [4.69, 9.17) is 11.5 Å². The van der Waals surface area contributed by atoms with Crippen LogP contribution in [-0.4, -0.2) is 78.8 Å².